The first-order valence-electron chi connectivity index (χ1n) is 5.35. The van der Waals surface area contributed by atoms with Crippen molar-refractivity contribution >= 4 is 6.08 Å². The van der Waals surface area contributed by atoms with Gasteiger partial charge >= 0.3 is 0 Å². The van der Waals surface area contributed by atoms with E-state index < -0.39 is 0 Å². The lowest BCUT2D eigenvalue weighted by Crippen LogP contribution is -2.04. The van der Waals surface area contributed by atoms with Gasteiger partial charge in [0.05, 0.1) is 5.69 Å². The molecule has 1 heteroatoms. The second-order valence-corrected chi connectivity index (χ2v) is 4.44. The topological polar surface area (TPSA) is 12.9 Å². The van der Waals surface area contributed by atoms with Crippen LogP contribution in [0.2, 0.25) is 0 Å². The predicted octanol–water partition coefficient (Wildman–Crippen LogP) is 3.73. The summed E-state index contributed by atoms with van der Waals surface area (Å²) in [6.07, 6.45) is 7.60. The first kappa shape index (κ1) is 9.45. The highest BCUT2D eigenvalue weighted by Crippen LogP contribution is 2.29. The molecule has 1 aromatic heterocycles. The number of aromatic nitrogens is 1. The molecule has 0 aromatic carbocycles. The number of fused-ring (bicyclic) bond motifs is 1. The molecule has 1 nitrogen and oxygen atoms in total. The van der Waals surface area contributed by atoms with Crippen LogP contribution in [0.4, 0.5) is 0 Å². The zero-order valence-corrected chi connectivity index (χ0v) is 9.12. The molecule has 1 aromatic rings. The normalized spacial score (nSPS) is 19.9. The van der Waals surface area contributed by atoms with Crippen LogP contribution in [0.1, 0.15) is 55.8 Å². The Labute approximate surface area is 85.9 Å². The third kappa shape index (κ3) is 1.59. The van der Waals surface area contributed by atoms with Crippen LogP contribution in [-0.4, -0.2) is 4.98 Å². The Kier molecular flexibility index (Phi) is 2.40. The summed E-state index contributed by atoms with van der Waals surface area (Å²) in [6.45, 7) is 6.66. The molecule has 0 aliphatic heterocycles. The van der Waals surface area contributed by atoms with Gasteiger partial charge < -0.3 is 0 Å². The summed E-state index contributed by atoms with van der Waals surface area (Å²) in [4.78, 5) is 4.57. The van der Waals surface area contributed by atoms with Crippen LogP contribution < -0.4 is 0 Å². The molecule has 0 bridgehead atoms. The van der Waals surface area contributed by atoms with Gasteiger partial charge in [-0.2, -0.15) is 0 Å². The molecule has 74 valence electrons. The highest BCUT2D eigenvalue weighted by atomic mass is 14.7. The van der Waals surface area contributed by atoms with Gasteiger partial charge in [0.2, 0.25) is 0 Å². The van der Waals surface area contributed by atoms with Crippen molar-refractivity contribution in [1.29, 1.82) is 0 Å². The quantitative estimate of drug-likeness (QED) is 0.653. The summed E-state index contributed by atoms with van der Waals surface area (Å²) in [5, 5.41) is 0. The number of pyridine rings is 1. The first-order chi connectivity index (χ1) is 6.68. The van der Waals surface area contributed by atoms with E-state index in [1.807, 2.05) is 6.20 Å². The molecule has 1 aliphatic carbocycles. The zero-order valence-electron chi connectivity index (χ0n) is 9.12. The highest BCUT2D eigenvalue weighted by molar-refractivity contribution is 5.56. The minimum absolute atomic E-state index is 0.568. The molecular weight excluding hydrogens is 170 g/mol. The summed E-state index contributed by atoms with van der Waals surface area (Å²) < 4.78 is 0. The van der Waals surface area contributed by atoms with E-state index in [2.05, 4.69) is 44.0 Å². The van der Waals surface area contributed by atoms with Crippen molar-refractivity contribution in [3.05, 3.63) is 35.2 Å². The molecule has 1 aliphatic rings. The molecule has 0 saturated carbocycles. The Morgan fingerprint density at radius 2 is 2.21 bits per heavy atom. The summed E-state index contributed by atoms with van der Waals surface area (Å²) in [7, 11) is 0. The molecule has 0 amide bonds. The largest absolute Gasteiger partial charge is 0.260 e. The number of rotatable bonds is 1. The van der Waals surface area contributed by atoms with E-state index in [-0.39, 0.29) is 0 Å². The van der Waals surface area contributed by atoms with Crippen LogP contribution in [0.3, 0.4) is 0 Å². The fourth-order valence-electron chi connectivity index (χ4n) is 1.88. The lowest BCUT2D eigenvalue weighted by molar-refractivity contribution is 0.733. The van der Waals surface area contributed by atoms with Gasteiger partial charge in [0.1, 0.15) is 0 Å². The van der Waals surface area contributed by atoms with Crippen molar-refractivity contribution in [2.75, 3.05) is 0 Å². The number of allylic oxidation sites excluding steroid dienone is 1. The minimum Gasteiger partial charge on any atom is -0.260 e. The lowest BCUT2D eigenvalue weighted by atomic mass is 9.91. The van der Waals surface area contributed by atoms with Gasteiger partial charge in [-0.1, -0.05) is 32.9 Å². The Morgan fingerprint density at radius 1 is 1.43 bits per heavy atom. The standard InChI is InChI=1S/C13H17N/c1-9(2)12-7-11-6-4-5-10(3)13(11)14-8-12/h4,6-10H,5H2,1-3H3. The van der Waals surface area contributed by atoms with Crippen LogP contribution in [0.5, 0.6) is 0 Å². The number of hydrogen-bond donors (Lipinski definition) is 0. The van der Waals surface area contributed by atoms with Crippen molar-refractivity contribution in [2.45, 2.75) is 39.0 Å². The van der Waals surface area contributed by atoms with Crippen molar-refractivity contribution in [3.63, 3.8) is 0 Å². The smallest absolute Gasteiger partial charge is 0.0507 e. The summed E-state index contributed by atoms with van der Waals surface area (Å²) >= 11 is 0. The van der Waals surface area contributed by atoms with Gasteiger partial charge in [0.15, 0.2) is 0 Å². The monoisotopic (exact) mass is 187 g/mol. The van der Waals surface area contributed by atoms with Crippen molar-refractivity contribution in [2.24, 2.45) is 0 Å². The minimum atomic E-state index is 0.568. The maximum atomic E-state index is 4.57. The molecular formula is C13H17N. The van der Waals surface area contributed by atoms with E-state index in [4.69, 9.17) is 0 Å². The third-order valence-corrected chi connectivity index (χ3v) is 2.89. The van der Waals surface area contributed by atoms with Crippen LogP contribution in [-0.2, 0) is 0 Å². The second kappa shape index (κ2) is 3.56. The van der Waals surface area contributed by atoms with Gasteiger partial charge in [-0.15, -0.1) is 0 Å². The first-order valence-corrected chi connectivity index (χ1v) is 5.35. The van der Waals surface area contributed by atoms with Gasteiger partial charge in [-0.3, -0.25) is 4.98 Å². The van der Waals surface area contributed by atoms with Crippen LogP contribution >= 0.6 is 0 Å². The third-order valence-electron chi connectivity index (χ3n) is 2.89. The van der Waals surface area contributed by atoms with Gasteiger partial charge in [-0.25, -0.2) is 0 Å². The van der Waals surface area contributed by atoms with Crippen molar-refractivity contribution in [3.8, 4) is 0 Å². The molecule has 1 atom stereocenters. The van der Waals surface area contributed by atoms with E-state index in [0.29, 0.717) is 11.8 Å². The SMILES string of the molecule is CC(C)c1cnc2c(c1)C=CCC2C. The second-order valence-electron chi connectivity index (χ2n) is 4.44. The predicted molar refractivity (Wildman–Crippen MR) is 60.4 cm³/mol. The maximum absolute atomic E-state index is 4.57. The molecule has 1 unspecified atom stereocenters. The van der Waals surface area contributed by atoms with Crippen molar-refractivity contribution < 1.29 is 0 Å². The van der Waals surface area contributed by atoms with Crippen LogP contribution in [0, 0.1) is 0 Å². The number of nitrogens with zero attached hydrogens (tertiary/aromatic N) is 1. The Balaban J connectivity index is 2.45. The maximum Gasteiger partial charge on any atom is 0.0507 e. The average molecular weight is 187 g/mol. The number of hydrogen-bond acceptors (Lipinski definition) is 1. The van der Waals surface area contributed by atoms with Gasteiger partial charge in [0, 0.05) is 12.1 Å². The van der Waals surface area contributed by atoms with Gasteiger partial charge in [-0.05, 0) is 29.5 Å². The van der Waals surface area contributed by atoms with E-state index >= 15 is 0 Å². The Hall–Kier alpha value is -1.11. The fraction of sp³-hybridized carbons (Fsp3) is 0.462. The van der Waals surface area contributed by atoms with E-state index in [0.717, 1.165) is 6.42 Å². The molecule has 0 fully saturated rings. The fourth-order valence-corrected chi connectivity index (χ4v) is 1.88. The molecule has 0 radical (unpaired) electrons. The van der Waals surface area contributed by atoms with Crippen LogP contribution in [0.15, 0.2) is 18.3 Å². The van der Waals surface area contributed by atoms with E-state index in [1.54, 1.807) is 0 Å². The van der Waals surface area contributed by atoms with Gasteiger partial charge in [0.25, 0.3) is 0 Å². The van der Waals surface area contributed by atoms with Crippen LogP contribution in [0.25, 0.3) is 6.08 Å². The summed E-state index contributed by atoms with van der Waals surface area (Å²) in [6, 6.07) is 2.28. The molecule has 14 heavy (non-hydrogen) atoms. The molecule has 0 saturated heterocycles. The lowest BCUT2D eigenvalue weighted by Gasteiger charge is -2.18. The molecule has 2 rings (SSSR count). The summed E-state index contributed by atoms with van der Waals surface area (Å²) in [5.74, 6) is 1.15. The van der Waals surface area contributed by atoms with E-state index in [9.17, 15) is 0 Å². The average Bonchev–Trinajstić information content (AvgIpc) is 2.17. The molecule has 1 heterocycles. The van der Waals surface area contributed by atoms with E-state index in [1.165, 1.54) is 16.8 Å². The zero-order chi connectivity index (χ0) is 10.1. The summed E-state index contributed by atoms with van der Waals surface area (Å²) in [5.41, 5.74) is 3.91. The Morgan fingerprint density at radius 3 is 2.93 bits per heavy atom. The molecule has 0 N–H and O–H groups in total. The van der Waals surface area contributed by atoms with Crippen molar-refractivity contribution in [1.82, 2.24) is 4.98 Å². The Bertz CT molecular complexity index is 363. The molecule has 0 spiro atoms. The highest BCUT2D eigenvalue weighted by Gasteiger charge is 2.14.